The summed E-state index contributed by atoms with van der Waals surface area (Å²) in [5.74, 6) is -0.108. The van der Waals surface area contributed by atoms with Crippen LogP contribution in [0, 0.1) is 0 Å². The summed E-state index contributed by atoms with van der Waals surface area (Å²) in [4.78, 5) is 12.4. The van der Waals surface area contributed by atoms with Crippen molar-refractivity contribution in [3.8, 4) is 0 Å². The summed E-state index contributed by atoms with van der Waals surface area (Å²) in [6, 6.07) is 6.41. The molecule has 0 aromatic carbocycles. The highest BCUT2D eigenvalue weighted by Gasteiger charge is 2.19. The second-order valence-electron chi connectivity index (χ2n) is 4.17. The number of amides is 1. The van der Waals surface area contributed by atoms with Gasteiger partial charge in [0, 0.05) is 19.0 Å². The van der Waals surface area contributed by atoms with Crippen LogP contribution in [0.1, 0.15) is 15.4 Å². The number of nitrogens with one attached hydrogen (secondary N) is 1. The van der Waals surface area contributed by atoms with Crippen LogP contribution >= 0.6 is 11.3 Å². The molecule has 0 radical (unpaired) electrons. The number of sulfonamides is 1. The quantitative estimate of drug-likeness (QED) is 0.907. The van der Waals surface area contributed by atoms with E-state index in [0.717, 1.165) is 20.5 Å². The molecule has 108 valence electrons. The maximum absolute atomic E-state index is 11.9. The first kappa shape index (κ1) is 14.8. The number of hydrogen-bond donors (Lipinski definition) is 1. The number of furan rings is 1. The lowest BCUT2D eigenvalue weighted by molar-refractivity contribution is 0.0923. The monoisotopic (exact) mass is 314 g/mol. The van der Waals surface area contributed by atoms with Gasteiger partial charge in [-0.15, -0.1) is 11.3 Å². The molecule has 2 heterocycles. The van der Waals surface area contributed by atoms with Gasteiger partial charge in [0.1, 0.15) is 4.21 Å². The summed E-state index contributed by atoms with van der Waals surface area (Å²) in [6.07, 6.45) is 1.42. The Kier molecular flexibility index (Phi) is 4.26. The van der Waals surface area contributed by atoms with Crippen LogP contribution in [0.3, 0.4) is 0 Å². The highest BCUT2D eigenvalue weighted by Crippen LogP contribution is 2.23. The van der Waals surface area contributed by atoms with Gasteiger partial charge in [-0.3, -0.25) is 4.79 Å². The second-order valence-corrected chi connectivity index (χ2v) is 7.72. The number of hydrogen-bond acceptors (Lipinski definition) is 5. The van der Waals surface area contributed by atoms with Crippen molar-refractivity contribution >= 4 is 27.3 Å². The van der Waals surface area contributed by atoms with E-state index in [2.05, 4.69) is 5.32 Å². The van der Waals surface area contributed by atoms with Crippen LogP contribution in [0.2, 0.25) is 0 Å². The molecule has 2 rings (SSSR count). The maximum atomic E-state index is 11.9. The first-order valence-electron chi connectivity index (χ1n) is 5.74. The minimum atomic E-state index is -3.42. The normalized spacial score (nSPS) is 11.8. The summed E-state index contributed by atoms with van der Waals surface area (Å²) in [6.45, 7) is 0.257. The molecule has 0 spiro atoms. The summed E-state index contributed by atoms with van der Waals surface area (Å²) in [7, 11) is -0.458. The molecule has 0 atom stereocenters. The molecule has 1 amide bonds. The van der Waals surface area contributed by atoms with E-state index in [1.54, 1.807) is 18.2 Å². The predicted octanol–water partition coefficient (Wildman–Crippen LogP) is 1.52. The summed E-state index contributed by atoms with van der Waals surface area (Å²) >= 11 is 1.13. The van der Waals surface area contributed by atoms with Crippen LogP contribution < -0.4 is 5.32 Å². The number of nitrogens with zero attached hydrogens (tertiary/aromatic N) is 1. The predicted molar refractivity (Wildman–Crippen MR) is 75.1 cm³/mol. The fourth-order valence-electron chi connectivity index (χ4n) is 1.43. The zero-order valence-electron chi connectivity index (χ0n) is 11.0. The van der Waals surface area contributed by atoms with E-state index in [0.29, 0.717) is 0 Å². The molecule has 0 fully saturated rings. The minimum absolute atomic E-state index is 0.225. The Labute approximate surface area is 121 Å². The van der Waals surface area contributed by atoms with Gasteiger partial charge < -0.3 is 9.73 Å². The molecule has 20 heavy (non-hydrogen) atoms. The Hall–Kier alpha value is -1.64. The van der Waals surface area contributed by atoms with Crippen molar-refractivity contribution in [3.05, 3.63) is 41.2 Å². The number of carbonyl (C=O) groups is 1. The van der Waals surface area contributed by atoms with Gasteiger partial charge in [0.25, 0.3) is 15.9 Å². The number of rotatable bonds is 5. The van der Waals surface area contributed by atoms with Crippen LogP contribution in [-0.4, -0.2) is 32.7 Å². The minimum Gasteiger partial charge on any atom is -0.459 e. The van der Waals surface area contributed by atoms with Crippen LogP contribution in [-0.2, 0) is 16.6 Å². The summed E-state index contributed by atoms with van der Waals surface area (Å²) < 4.78 is 30.2. The van der Waals surface area contributed by atoms with Crippen molar-refractivity contribution in [2.24, 2.45) is 0 Å². The fraction of sp³-hybridized carbons (Fsp3) is 0.250. The second kappa shape index (κ2) is 5.78. The van der Waals surface area contributed by atoms with Gasteiger partial charge in [-0.05, 0) is 24.3 Å². The summed E-state index contributed by atoms with van der Waals surface area (Å²) in [5.41, 5.74) is 0. The molecule has 0 bridgehead atoms. The first-order valence-corrected chi connectivity index (χ1v) is 8.00. The highest BCUT2D eigenvalue weighted by atomic mass is 32.2. The number of thiophene rings is 1. The van der Waals surface area contributed by atoms with Crippen molar-refractivity contribution in [2.45, 2.75) is 10.8 Å². The molecule has 0 aliphatic rings. The number of carbonyl (C=O) groups excluding carboxylic acids is 1. The largest absolute Gasteiger partial charge is 0.459 e. The zero-order chi connectivity index (χ0) is 14.8. The Bertz CT molecular complexity index is 687. The van der Waals surface area contributed by atoms with E-state index in [1.807, 2.05) is 0 Å². The van der Waals surface area contributed by atoms with Gasteiger partial charge in [-0.2, -0.15) is 0 Å². The van der Waals surface area contributed by atoms with Crippen molar-refractivity contribution in [2.75, 3.05) is 14.1 Å². The molecule has 0 saturated carbocycles. The molecule has 6 nitrogen and oxygen atoms in total. The zero-order valence-corrected chi connectivity index (χ0v) is 12.6. The van der Waals surface area contributed by atoms with E-state index in [4.69, 9.17) is 4.42 Å². The third-order valence-electron chi connectivity index (χ3n) is 2.54. The smallest absolute Gasteiger partial charge is 0.287 e. The van der Waals surface area contributed by atoms with E-state index in [1.165, 1.54) is 26.4 Å². The molecule has 0 aliphatic heterocycles. The Balaban J connectivity index is 2.02. The molecule has 2 aromatic heterocycles. The van der Waals surface area contributed by atoms with Crippen LogP contribution in [0.5, 0.6) is 0 Å². The first-order chi connectivity index (χ1) is 9.41. The topological polar surface area (TPSA) is 79.6 Å². The maximum Gasteiger partial charge on any atom is 0.287 e. The lowest BCUT2D eigenvalue weighted by Gasteiger charge is -2.08. The Morgan fingerprint density at radius 3 is 2.70 bits per heavy atom. The van der Waals surface area contributed by atoms with Crippen molar-refractivity contribution in [1.82, 2.24) is 9.62 Å². The van der Waals surface area contributed by atoms with E-state index >= 15 is 0 Å². The molecule has 1 N–H and O–H groups in total. The van der Waals surface area contributed by atoms with E-state index in [9.17, 15) is 13.2 Å². The van der Waals surface area contributed by atoms with Crippen molar-refractivity contribution in [3.63, 3.8) is 0 Å². The standard InChI is InChI=1S/C12H14N2O4S2/c1-14(2)20(16,17)11-6-5-9(19-11)8-13-12(15)10-4-3-7-18-10/h3-7H,8H2,1-2H3,(H,13,15). The highest BCUT2D eigenvalue weighted by molar-refractivity contribution is 7.91. The molecule has 0 aliphatic carbocycles. The average molecular weight is 314 g/mol. The van der Waals surface area contributed by atoms with Crippen LogP contribution in [0.4, 0.5) is 0 Å². The van der Waals surface area contributed by atoms with Gasteiger partial charge in [0.05, 0.1) is 12.8 Å². The fourth-order valence-corrected chi connectivity index (χ4v) is 3.90. The van der Waals surface area contributed by atoms with Crippen LogP contribution in [0.25, 0.3) is 0 Å². The average Bonchev–Trinajstić information content (AvgIpc) is 3.07. The van der Waals surface area contributed by atoms with Crippen molar-refractivity contribution in [1.29, 1.82) is 0 Å². The Morgan fingerprint density at radius 1 is 1.35 bits per heavy atom. The van der Waals surface area contributed by atoms with E-state index < -0.39 is 10.0 Å². The third kappa shape index (κ3) is 3.09. The molecule has 8 heteroatoms. The SMILES string of the molecule is CN(C)S(=O)(=O)c1ccc(CNC(=O)c2ccco2)s1. The van der Waals surface area contributed by atoms with Gasteiger partial charge in [-0.25, -0.2) is 12.7 Å². The van der Waals surface area contributed by atoms with E-state index in [-0.39, 0.29) is 22.4 Å². The lowest BCUT2D eigenvalue weighted by atomic mass is 10.4. The van der Waals surface area contributed by atoms with Crippen molar-refractivity contribution < 1.29 is 17.6 Å². The Morgan fingerprint density at radius 2 is 2.10 bits per heavy atom. The van der Waals surface area contributed by atoms with Gasteiger partial charge in [0.2, 0.25) is 0 Å². The summed E-state index contributed by atoms with van der Waals surface area (Å²) in [5, 5.41) is 2.66. The molecule has 0 saturated heterocycles. The molecule has 0 unspecified atom stereocenters. The molecule has 2 aromatic rings. The lowest BCUT2D eigenvalue weighted by Crippen LogP contribution is -2.22. The molecular formula is C12H14N2O4S2. The van der Waals surface area contributed by atoms with Gasteiger partial charge in [0.15, 0.2) is 5.76 Å². The molecular weight excluding hydrogens is 300 g/mol. The van der Waals surface area contributed by atoms with Gasteiger partial charge >= 0.3 is 0 Å². The van der Waals surface area contributed by atoms with Crippen LogP contribution in [0.15, 0.2) is 39.2 Å². The van der Waals surface area contributed by atoms with Gasteiger partial charge in [-0.1, -0.05) is 0 Å². The third-order valence-corrected chi connectivity index (χ3v) is 5.91.